The van der Waals surface area contributed by atoms with Gasteiger partial charge in [-0.15, -0.1) is 10.2 Å². The number of nitro benzene ring substituents is 1. The Morgan fingerprint density at radius 2 is 1.78 bits per heavy atom. The molecular formula is C27H27N5O4S. The highest BCUT2D eigenvalue weighted by Gasteiger charge is 2.22. The number of nitro groups is 1. The molecule has 0 radical (unpaired) electrons. The summed E-state index contributed by atoms with van der Waals surface area (Å²) in [5.74, 6) is 1.77. The smallest absolute Gasteiger partial charge is 0.269 e. The highest BCUT2D eigenvalue weighted by Crippen LogP contribution is 2.29. The van der Waals surface area contributed by atoms with Crippen LogP contribution in [0.15, 0.2) is 78.0 Å². The summed E-state index contributed by atoms with van der Waals surface area (Å²) in [7, 11) is 1.60. The van der Waals surface area contributed by atoms with Crippen LogP contribution in [0.25, 0.3) is 5.69 Å². The molecule has 1 unspecified atom stereocenters. The maximum absolute atomic E-state index is 12.8. The molecule has 0 aliphatic heterocycles. The molecule has 1 heterocycles. The third-order valence-electron chi connectivity index (χ3n) is 5.88. The summed E-state index contributed by atoms with van der Waals surface area (Å²) in [6, 6.07) is 21.2. The second-order valence-electron chi connectivity index (χ2n) is 8.48. The van der Waals surface area contributed by atoms with E-state index in [1.54, 1.807) is 19.2 Å². The van der Waals surface area contributed by atoms with Crippen molar-refractivity contribution in [3.8, 4) is 11.4 Å². The second-order valence-corrected chi connectivity index (χ2v) is 9.42. The summed E-state index contributed by atoms with van der Waals surface area (Å²) in [6.07, 6.45) is 0.203. The SMILES string of the molecule is COc1ccc(CC(=O)NC(C)c2nnc(SCc3ccccc3C)n2-c2ccc([N+](=O)[O-])cc2)cc1. The molecule has 1 amide bonds. The molecule has 190 valence electrons. The van der Waals surface area contributed by atoms with E-state index in [9.17, 15) is 14.9 Å². The van der Waals surface area contributed by atoms with Gasteiger partial charge in [0.25, 0.3) is 5.69 Å². The van der Waals surface area contributed by atoms with Gasteiger partial charge in [-0.05, 0) is 54.8 Å². The number of aromatic nitrogens is 3. The first-order chi connectivity index (χ1) is 17.9. The zero-order chi connectivity index (χ0) is 26.4. The molecule has 0 bridgehead atoms. The minimum Gasteiger partial charge on any atom is -0.497 e. The van der Waals surface area contributed by atoms with Gasteiger partial charge in [0.2, 0.25) is 5.91 Å². The second kappa shape index (κ2) is 11.7. The summed E-state index contributed by atoms with van der Waals surface area (Å²) in [4.78, 5) is 23.5. The van der Waals surface area contributed by atoms with Crippen LogP contribution in [0.4, 0.5) is 5.69 Å². The molecule has 4 rings (SSSR count). The van der Waals surface area contributed by atoms with E-state index in [0.717, 1.165) is 11.3 Å². The maximum Gasteiger partial charge on any atom is 0.269 e. The third kappa shape index (κ3) is 6.34. The number of benzene rings is 3. The molecule has 9 nitrogen and oxygen atoms in total. The van der Waals surface area contributed by atoms with Gasteiger partial charge in [0.1, 0.15) is 5.75 Å². The first-order valence-corrected chi connectivity index (χ1v) is 12.6. The lowest BCUT2D eigenvalue weighted by molar-refractivity contribution is -0.384. The first kappa shape index (κ1) is 25.9. The van der Waals surface area contributed by atoms with Gasteiger partial charge in [-0.1, -0.05) is 48.2 Å². The number of rotatable bonds is 10. The van der Waals surface area contributed by atoms with Crippen LogP contribution < -0.4 is 10.1 Å². The van der Waals surface area contributed by atoms with E-state index in [4.69, 9.17) is 4.74 Å². The quantitative estimate of drug-likeness (QED) is 0.175. The molecule has 0 spiro atoms. The number of hydrogen-bond acceptors (Lipinski definition) is 7. The molecular weight excluding hydrogens is 490 g/mol. The van der Waals surface area contributed by atoms with E-state index in [1.165, 1.54) is 35.0 Å². The summed E-state index contributed by atoms with van der Waals surface area (Å²) in [6.45, 7) is 3.90. The van der Waals surface area contributed by atoms with Crippen molar-refractivity contribution in [3.63, 3.8) is 0 Å². The number of methoxy groups -OCH3 is 1. The highest BCUT2D eigenvalue weighted by molar-refractivity contribution is 7.98. The lowest BCUT2D eigenvalue weighted by Gasteiger charge is -2.16. The van der Waals surface area contributed by atoms with Crippen molar-refractivity contribution in [2.24, 2.45) is 0 Å². The zero-order valence-corrected chi connectivity index (χ0v) is 21.6. The highest BCUT2D eigenvalue weighted by atomic mass is 32.2. The van der Waals surface area contributed by atoms with Crippen molar-refractivity contribution in [1.82, 2.24) is 20.1 Å². The summed E-state index contributed by atoms with van der Waals surface area (Å²) >= 11 is 1.51. The van der Waals surface area contributed by atoms with E-state index in [1.807, 2.05) is 47.9 Å². The lowest BCUT2D eigenvalue weighted by atomic mass is 10.1. The number of hydrogen-bond donors (Lipinski definition) is 1. The molecule has 0 saturated carbocycles. The Bertz CT molecular complexity index is 1390. The Balaban J connectivity index is 1.58. The molecule has 4 aromatic rings. The molecule has 10 heteroatoms. The van der Waals surface area contributed by atoms with Gasteiger partial charge < -0.3 is 10.1 Å². The van der Waals surface area contributed by atoms with Crippen molar-refractivity contribution in [3.05, 3.63) is 105 Å². The summed E-state index contributed by atoms with van der Waals surface area (Å²) in [5, 5.41) is 23.6. The van der Waals surface area contributed by atoms with Gasteiger partial charge in [0.15, 0.2) is 11.0 Å². The number of carbonyl (C=O) groups is 1. The van der Waals surface area contributed by atoms with Gasteiger partial charge >= 0.3 is 0 Å². The third-order valence-corrected chi connectivity index (χ3v) is 6.86. The van der Waals surface area contributed by atoms with Crippen LogP contribution in [-0.4, -0.2) is 32.7 Å². The first-order valence-electron chi connectivity index (χ1n) is 11.7. The van der Waals surface area contributed by atoms with Crippen LogP contribution in [0.5, 0.6) is 5.75 Å². The topological polar surface area (TPSA) is 112 Å². The average molecular weight is 518 g/mol. The molecule has 3 aromatic carbocycles. The van der Waals surface area contributed by atoms with Crippen molar-refractivity contribution in [2.75, 3.05) is 7.11 Å². The minimum atomic E-state index is -0.457. The van der Waals surface area contributed by atoms with Crippen molar-refractivity contribution < 1.29 is 14.5 Å². The standard InChI is InChI=1S/C27H27N5O4S/c1-18-6-4-5-7-21(18)17-37-27-30-29-26(31(27)22-10-12-23(13-11-22)32(34)35)19(2)28-25(33)16-20-8-14-24(36-3)15-9-20/h4-15,19H,16-17H2,1-3H3,(H,28,33). The molecule has 0 saturated heterocycles. The summed E-state index contributed by atoms with van der Waals surface area (Å²) in [5.41, 5.74) is 3.88. The Morgan fingerprint density at radius 3 is 2.43 bits per heavy atom. The van der Waals surface area contributed by atoms with Crippen LogP contribution in [0.2, 0.25) is 0 Å². The number of thioether (sulfide) groups is 1. The van der Waals surface area contributed by atoms with E-state index in [2.05, 4.69) is 34.6 Å². The zero-order valence-electron chi connectivity index (χ0n) is 20.7. The van der Waals surface area contributed by atoms with Gasteiger partial charge in [-0.25, -0.2) is 0 Å². The van der Waals surface area contributed by atoms with E-state index < -0.39 is 11.0 Å². The van der Waals surface area contributed by atoms with E-state index in [-0.39, 0.29) is 18.0 Å². The molecule has 0 aliphatic carbocycles. The predicted molar refractivity (Wildman–Crippen MR) is 142 cm³/mol. The van der Waals surface area contributed by atoms with E-state index >= 15 is 0 Å². The molecule has 0 aliphatic rings. The Morgan fingerprint density at radius 1 is 1.08 bits per heavy atom. The van der Waals surface area contributed by atoms with Crippen LogP contribution in [-0.2, 0) is 17.0 Å². The number of aryl methyl sites for hydroxylation is 1. The molecule has 1 atom stereocenters. The Kier molecular flexibility index (Phi) is 8.19. The molecule has 1 N–H and O–H groups in total. The van der Waals surface area contributed by atoms with Gasteiger partial charge in [-0.3, -0.25) is 19.5 Å². The summed E-state index contributed by atoms with van der Waals surface area (Å²) < 4.78 is 7.01. The number of nitrogens with zero attached hydrogens (tertiary/aromatic N) is 4. The number of ether oxygens (including phenoxy) is 1. The number of non-ortho nitro benzene ring substituents is 1. The number of amides is 1. The fourth-order valence-electron chi connectivity index (χ4n) is 3.82. The van der Waals surface area contributed by atoms with Crippen LogP contribution in [0.3, 0.4) is 0 Å². The molecule has 1 aromatic heterocycles. The molecule has 0 fully saturated rings. The fraction of sp³-hybridized carbons (Fsp3) is 0.222. The maximum atomic E-state index is 12.8. The normalized spacial score (nSPS) is 11.6. The van der Waals surface area contributed by atoms with Crippen LogP contribution >= 0.6 is 11.8 Å². The van der Waals surface area contributed by atoms with Crippen molar-refractivity contribution >= 4 is 23.4 Å². The Labute approximate surface area is 219 Å². The van der Waals surface area contributed by atoms with Gasteiger partial charge in [0.05, 0.1) is 24.5 Å². The fourth-order valence-corrected chi connectivity index (χ4v) is 4.86. The number of nitrogens with one attached hydrogen (secondary N) is 1. The minimum absolute atomic E-state index is 0.00618. The largest absolute Gasteiger partial charge is 0.497 e. The van der Waals surface area contributed by atoms with Crippen LogP contribution in [0, 0.1) is 17.0 Å². The van der Waals surface area contributed by atoms with Gasteiger partial charge in [-0.2, -0.15) is 0 Å². The lowest BCUT2D eigenvalue weighted by Crippen LogP contribution is -2.30. The Hall–Kier alpha value is -4.18. The van der Waals surface area contributed by atoms with Crippen molar-refractivity contribution in [1.29, 1.82) is 0 Å². The average Bonchev–Trinajstić information content (AvgIpc) is 3.33. The van der Waals surface area contributed by atoms with Crippen LogP contribution in [0.1, 0.15) is 35.5 Å². The molecule has 37 heavy (non-hydrogen) atoms. The van der Waals surface area contributed by atoms with E-state index in [0.29, 0.717) is 22.4 Å². The number of carbonyl (C=O) groups excluding carboxylic acids is 1. The van der Waals surface area contributed by atoms with Gasteiger partial charge in [0, 0.05) is 23.6 Å². The monoisotopic (exact) mass is 517 g/mol. The predicted octanol–water partition coefficient (Wildman–Crippen LogP) is 5.20. The van der Waals surface area contributed by atoms with Crippen molar-refractivity contribution in [2.45, 2.75) is 37.2 Å².